The predicted octanol–water partition coefficient (Wildman–Crippen LogP) is 3.40. The van der Waals surface area contributed by atoms with Gasteiger partial charge < -0.3 is 10.4 Å². The van der Waals surface area contributed by atoms with E-state index >= 15 is 0 Å². The van der Waals surface area contributed by atoms with Crippen LogP contribution in [0.3, 0.4) is 0 Å². The van der Waals surface area contributed by atoms with Gasteiger partial charge in [-0.1, -0.05) is 54.6 Å². The molecule has 1 amide bonds. The minimum atomic E-state index is -1.22. The third kappa shape index (κ3) is 3.66. The van der Waals surface area contributed by atoms with Gasteiger partial charge in [-0.05, 0) is 28.5 Å². The molecule has 0 bridgehead atoms. The number of carboxylic acid groups (broad SMARTS) is 1. The maximum Gasteiger partial charge on any atom is 0.326 e. The van der Waals surface area contributed by atoms with Crippen molar-refractivity contribution in [3.63, 3.8) is 0 Å². The molecule has 0 aliphatic carbocycles. The van der Waals surface area contributed by atoms with Crippen molar-refractivity contribution in [3.8, 4) is 0 Å². The molecule has 126 valence electrons. The first-order valence-corrected chi connectivity index (χ1v) is 7.81. The maximum absolute atomic E-state index is 13.8. The predicted molar refractivity (Wildman–Crippen MR) is 92.9 cm³/mol. The molecule has 0 radical (unpaired) electrons. The lowest BCUT2D eigenvalue weighted by Crippen LogP contribution is -2.42. The summed E-state index contributed by atoms with van der Waals surface area (Å²) in [7, 11) is 0. The van der Waals surface area contributed by atoms with Gasteiger partial charge in [-0.15, -0.1) is 0 Å². The number of benzene rings is 3. The van der Waals surface area contributed by atoms with Gasteiger partial charge in [0.25, 0.3) is 5.91 Å². The molecular weight excluding hydrogens is 321 g/mol. The minimum Gasteiger partial charge on any atom is -0.480 e. The fourth-order valence-electron chi connectivity index (χ4n) is 2.74. The van der Waals surface area contributed by atoms with E-state index in [0.717, 1.165) is 10.8 Å². The smallest absolute Gasteiger partial charge is 0.326 e. The topological polar surface area (TPSA) is 66.4 Å². The van der Waals surface area contributed by atoms with Crippen LogP contribution >= 0.6 is 0 Å². The monoisotopic (exact) mass is 337 g/mol. The Bertz CT molecular complexity index is 934. The average molecular weight is 337 g/mol. The number of carbonyl (C=O) groups excluding carboxylic acids is 1. The van der Waals surface area contributed by atoms with E-state index in [1.165, 1.54) is 18.2 Å². The molecule has 0 aliphatic heterocycles. The zero-order chi connectivity index (χ0) is 17.8. The Morgan fingerprint density at radius 1 is 0.960 bits per heavy atom. The van der Waals surface area contributed by atoms with Crippen LogP contribution in [-0.2, 0) is 11.2 Å². The van der Waals surface area contributed by atoms with Crippen LogP contribution in [0.1, 0.15) is 15.9 Å². The highest BCUT2D eigenvalue weighted by Crippen LogP contribution is 2.19. The molecule has 0 spiro atoms. The summed E-state index contributed by atoms with van der Waals surface area (Å²) < 4.78 is 13.8. The van der Waals surface area contributed by atoms with Crippen molar-refractivity contribution < 1.29 is 19.1 Å². The van der Waals surface area contributed by atoms with Gasteiger partial charge in [0.05, 0.1) is 0 Å². The number of hydrogen-bond donors (Lipinski definition) is 2. The standard InChI is InChI=1S/C20H16FNO3/c21-17-11-4-2-7-14(17)12-18(20(24)25)22-19(23)16-10-5-8-13-6-1-3-9-15(13)16/h1-11,18H,12H2,(H,22,23)(H,24,25)/t18-/m1/s1. The number of fused-ring (bicyclic) bond motifs is 1. The summed E-state index contributed by atoms with van der Waals surface area (Å²) in [6.07, 6.45) is -0.126. The Labute approximate surface area is 143 Å². The van der Waals surface area contributed by atoms with Gasteiger partial charge in [0, 0.05) is 12.0 Å². The molecule has 3 rings (SSSR count). The highest BCUT2D eigenvalue weighted by molar-refractivity contribution is 6.07. The summed E-state index contributed by atoms with van der Waals surface area (Å²) in [6.45, 7) is 0. The molecule has 3 aromatic carbocycles. The third-order valence-electron chi connectivity index (χ3n) is 4.02. The van der Waals surface area contributed by atoms with Crippen molar-refractivity contribution >= 4 is 22.6 Å². The van der Waals surface area contributed by atoms with Crippen molar-refractivity contribution in [2.45, 2.75) is 12.5 Å². The molecule has 0 fully saturated rings. The largest absolute Gasteiger partial charge is 0.480 e. The maximum atomic E-state index is 13.8. The van der Waals surface area contributed by atoms with E-state index < -0.39 is 23.7 Å². The molecule has 25 heavy (non-hydrogen) atoms. The summed E-state index contributed by atoms with van der Waals surface area (Å²) in [5.74, 6) is -2.20. The molecule has 4 nitrogen and oxygen atoms in total. The summed E-state index contributed by atoms with van der Waals surface area (Å²) in [4.78, 5) is 24.1. The Kier molecular flexibility index (Phi) is 4.75. The van der Waals surface area contributed by atoms with E-state index in [1.807, 2.05) is 24.3 Å². The summed E-state index contributed by atoms with van der Waals surface area (Å²) in [5.41, 5.74) is 0.631. The second-order valence-electron chi connectivity index (χ2n) is 5.69. The number of nitrogens with one attached hydrogen (secondary N) is 1. The van der Waals surface area contributed by atoms with Gasteiger partial charge in [-0.25, -0.2) is 9.18 Å². The number of carboxylic acids is 1. The van der Waals surface area contributed by atoms with Crippen molar-refractivity contribution in [1.82, 2.24) is 5.32 Å². The van der Waals surface area contributed by atoms with Gasteiger partial charge >= 0.3 is 5.97 Å². The molecule has 3 aromatic rings. The normalized spacial score (nSPS) is 11.9. The molecular formula is C20H16FNO3. The van der Waals surface area contributed by atoms with Gasteiger partial charge in [0.1, 0.15) is 11.9 Å². The number of rotatable bonds is 5. The van der Waals surface area contributed by atoms with E-state index in [4.69, 9.17) is 0 Å². The number of aliphatic carboxylic acids is 1. The van der Waals surface area contributed by atoms with Crippen molar-refractivity contribution in [1.29, 1.82) is 0 Å². The first-order chi connectivity index (χ1) is 12.1. The third-order valence-corrected chi connectivity index (χ3v) is 4.02. The first kappa shape index (κ1) is 16.6. The lowest BCUT2D eigenvalue weighted by atomic mass is 10.0. The fourth-order valence-corrected chi connectivity index (χ4v) is 2.74. The second kappa shape index (κ2) is 7.13. The van der Waals surface area contributed by atoms with Crippen molar-refractivity contribution in [3.05, 3.63) is 83.7 Å². The summed E-state index contributed by atoms with van der Waals surface area (Å²) >= 11 is 0. The van der Waals surface area contributed by atoms with Crippen LogP contribution in [0.15, 0.2) is 66.7 Å². The van der Waals surface area contributed by atoms with Crippen LogP contribution in [0.25, 0.3) is 10.8 Å². The van der Waals surface area contributed by atoms with E-state index in [-0.39, 0.29) is 12.0 Å². The lowest BCUT2D eigenvalue weighted by molar-refractivity contribution is -0.139. The number of halogens is 1. The van der Waals surface area contributed by atoms with Crippen LogP contribution < -0.4 is 5.32 Å². The van der Waals surface area contributed by atoms with Gasteiger partial charge in [0.15, 0.2) is 0 Å². The number of amides is 1. The van der Waals surface area contributed by atoms with E-state index in [1.54, 1.807) is 24.3 Å². The van der Waals surface area contributed by atoms with Crippen molar-refractivity contribution in [2.24, 2.45) is 0 Å². The van der Waals surface area contributed by atoms with Gasteiger partial charge in [-0.2, -0.15) is 0 Å². The fraction of sp³-hybridized carbons (Fsp3) is 0.100. The molecule has 0 saturated carbocycles. The SMILES string of the molecule is O=C(N[C@H](Cc1ccccc1F)C(=O)O)c1cccc2ccccc12. The van der Waals surface area contributed by atoms with Crippen LogP contribution in [0.2, 0.25) is 0 Å². The Morgan fingerprint density at radius 2 is 1.64 bits per heavy atom. The zero-order valence-electron chi connectivity index (χ0n) is 13.3. The molecule has 0 saturated heterocycles. The second-order valence-corrected chi connectivity index (χ2v) is 5.69. The molecule has 2 N–H and O–H groups in total. The van der Waals surface area contributed by atoms with Gasteiger partial charge in [0.2, 0.25) is 0 Å². The van der Waals surface area contributed by atoms with Crippen LogP contribution in [0.4, 0.5) is 4.39 Å². The minimum absolute atomic E-state index is 0.126. The first-order valence-electron chi connectivity index (χ1n) is 7.81. The molecule has 0 heterocycles. The van der Waals surface area contributed by atoms with Crippen LogP contribution in [0.5, 0.6) is 0 Å². The Balaban J connectivity index is 1.86. The lowest BCUT2D eigenvalue weighted by Gasteiger charge is -2.16. The van der Waals surface area contributed by atoms with E-state index in [9.17, 15) is 19.1 Å². The molecule has 0 aromatic heterocycles. The number of hydrogen-bond acceptors (Lipinski definition) is 2. The Morgan fingerprint density at radius 3 is 2.40 bits per heavy atom. The van der Waals surface area contributed by atoms with Crippen LogP contribution in [0, 0.1) is 5.82 Å². The molecule has 0 aliphatic rings. The van der Waals surface area contributed by atoms with Crippen molar-refractivity contribution in [2.75, 3.05) is 0 Å². The van der Waals surface area contributed by atoms with Crippen LogP contribution in [-0.4, -0.2) is 23.0 Å². The molecule has 0 unspecified atom stereocenters. The Hall–Kier alpha value is -3.21. The highest BCUT2D eigenvalue weighted by atomic mass is 19.1. The quantitative estimate of drug-likeness (QED) is 0.750. The van der Waals surface area contributed by atoms with E-state index in [2.05, 4.69) is 5.32 Å². The summed E-state index contributed by atoms with van der Waals surface area (Å²) in [5, 5.41) is 13.5. The average Bonchev–Trinajstić information content (AvgIpc) is 2.62. The molecule has 1 atom stereocenters. The molecule has 5 heteroatoms. The highest BCUT2D eigenvalue weighted by Gasteiger charge is 2.23. The summed E-state index contributed by atoms with van der Waals surface area (Å²) in [6, 6.07) is 17.3. The van der Waals surface area contributed by atoms with E-state index in [0.29, 0.717) is 5.56 Å². The zero-order valence-corrected chi connectivity index (χ0v) is 13.3. The number of carbonyl (C=O) groups is 2. The van der Waals surface area contributed by atoms with Gasteiger partial charge in [-0.3, -0.25) is 4.79 Å².